The van der Waals surface area contributed by atoms with Gasteiger partial charge in [0.1, 0.15) is 0 Å². The van der Waals surface area contributed by atoms with E-state index in [0.717, 1.165) is 25.7 Å². The molecular formula is C9H16N2O2S. The normalized spacial score (nSPS) is 19.9. The third-order valence-corrected chi connectivity index (χ3v) is 3.82. The fraction of sp³-hybridized carbons (Fsp3) is 0.778. The van der Waals surface area contributed by atoms with Gasteiger partial charge >= 0.3 is 0 Å². The maximum atomic E-state index is 11.6. The highest BCUT2D eigenvalue weighted by atomic mass is 32.2. The third kappa shape index (κ3) is 3.29. The van der Waals surface area contributed by atoms with Gasteiger partial charge in [-0.3, -0.25) is 0 Å². The molecule has 0 radical (unpaired) electrons. The molecule has 0 aromatic heterocycles. The van der Waals surface area contributed by atoms with Gasteiger partial charge < -0.3 is 0 Å². The van der Waals surface area contributed by atoms with Crippen LogP contribution in [-0.4, -0.2) is 32.4 Å². The molecule has 5 heteroatoms. The van der Waals surface area contributed by atoms with Gasteiger partial charge in [0.15, 0.2) is 0 Å². The highest BCUT2D eigenvalue weighted by molar-refractivity contribution is 7.87. The van der Waals surface area contributed by atoms with Crippen LogP contribution in [0.5, 0.6) is 0 Å². The number of nitrogens with zero attached hydrogens (tertiary/aromatic N) is 1. The maximum absolute atomic E-state index is 11.6. The Balaban J connectivity index is 2.56. The summed E-state index contributed by atoms with van der Waals surface area (Å²) in [5.41, 5.74) is 0. The van der Waals surface area contributed by atoms with Gasteiger partial charge in [0.05, 0.1) is 6.54 Å². The van der Waals surface area contributed by atoms with E-state index in [-0.39, 0.29) is 6.54 Å². The van der Waals surface area contributed by atoms with Gasteiger partial charge in [0, 0.05) is 13.1 Å². The van der Waals surface area contributed by atoms with Crippen LogP contribution in [0.4, 0.5) is 0 Å². The quantitative estimate of drug-likeness (QED) is 0.691. The number of hydrogen-bond donors (Lipinski definition) is 1. The summed E-state index contributed by atoms with van der Waals surface area (Å²) in [6.07, 6.45) is 9.11. The second kappa shape index (κ2) is 5.35. The summed E-state index contributed by atoms with van der Waals surface area (Å²) in [4.78, 5) is 0. The second-order valence-corrected chi connectivity index (χ2v) is 5.10. The van der Waals surface area contributed by atoms with Crippen LogP contribution >= 0.6 is 0 Å². The molecule has 1 aliphatic rings. The van der Waals surface area contributed by atoms with Crippen molar-refractivity contribution < 1.29 is 8.42 Å². The van der Waals surface area contributed by atoms with E-state index in [4.69, 9.17) is 6.42 Å². The van der Waals surface area contributed by atoms with Crippen LogP contribution in [0, 0.1) is 12.3 Å². The Morgan fingerprint density at radius 2 is 1.79 bits per heavy atom. The van der Waals surface area contributed by atoms with E-state index in [2.05, 4.69) is 10.6 Å². The van der Waals surface area contributed by atoms with E-state index in [1.54, 1.807) is 0 Å². The van der Waals surface area contributed by atoms with Crippen LogP contribution < -0.4 is 4.72 Å². The summed E-state index contributed by atoms with van der Waals surface area (Å²) < 4.78 is 27.1. The van der Waals surface area contributed by atoms with Crippen LogP contribution in [0.1, 0.15) is 25.7 Å². The number of rotatable bonds is 3. The fourth-order valence-electron chi connectivity index (χ4n) is 1.51. The van der Waals surface area contributed by atoms with Crippen molar-refractivity contribution in [2.45, 2.75) is 25.7 Å². The lowest BCUT2D eigenvalue weighted by Gasteiger charge is -2.19. The minimum Gasteiger partial charge on any atom is -0.195 e. The van der Waals surface area contributed by atoms with E-state index in [0.29, 0.717) is 13.1 Å². The average Bonchev–Trinajstić information content (AvgIpc) is 2.43. The molecule has 14 heavy (non-hydrogen) atoms. The molecule has 4 nitrogen and oxygen atoms in total. The average molecular weight is 216 g/mol. The standard InChI is InChI=1S/C9H16N2O2S/c1-2-7-10-14(12,13)11-8-5-3-4-6-9-11/h1,10H,3-9H2. The van der Waals surface area contributed by atoms with Gasteiger partial charge in [-0.2, -0.15) is 17.4 Å². The molecule has 1 heterocycles. The van der Waals surface area contributed by atoms with Gasteiger partial charge in [0.25, 0.3) is 10.2 Å². The molecule has 1 fully saturated rings. The molecule has 0 saturated carbocycles. The predicted octanol–water partition coefficient (Wildman–Crippen LogP) is 0.330. The van der Waals surface area contributed by atoms with Crippen LogP contribution in [0.25, 0.3) is 0 Å². The van der Waals surface area contributed by atoms with E-state index in [1.807, 2.05) is 0 Å². The van der Waals surface area contributed by atoms with E-state index < -0.39 is 10.2 Å². The van der Waals surface area contributed by atoms with Crippen LogP contribution in [0.15, 0.2) is 0 Å². The Kier molecular flexibility index (Phi) is 4.39. The SMILES string of the molecule is C#CCNS(=O)(=O)N1CCCCCC1. The van der Waals surface area contributed by atoms with Crippen LogP contribution in [0.3, 0.4) is 0 Å². The summed E-state index contributed by atoms with van der Waals surface area (Å²) in [6, 6.07) is 0. The van der Waals surface area contributed by atoms with Crippen molar-refractivity contribution in [3.05, 3.63) is 0 Å². The second-order valence-electron chi connectivity index (χ2n) is 3.34. The molecule has 0 bridgehead atoms. The van der Waals surface area contributed by atoms with Crippen molar-refractivity contribution in [3.8, 4) is 12.3 Å². The van der Waals surface area contributed by atoms with Gasteiger partial charge in [-0.1, -0.05) is 18.8 Å². The first-order valence-corrected chi connectivity index (χ1v) is 6.29. The van der Waals surface area contributed by atoms with Crippen LogP contribution in [0.2, 0.25) is 0 Å². The zero-order valence-corrected chi connectivity index (χ0v) is 9.02. The summed E-state index contributed by atoms with van der Waals surface area (Å²) in [5, 5.41) is 0. The van der Waals surface area contributed by atoms with Crippen molar-refractivity contribution in [2.24, 2.45) is 0 Å². The molecule has 0 spiro atoms. The fourth-order valence-corrected chi connectivity index (χ4v) is 2.69. The number of nitrogens with one attached hydrogen (secondary N) is 1. The molecule has 0 unspecified atom stereocenters. The molecule has 80 valence electrons. The summed E-state index contributed by atoms with van der Waals surface area (Å²) in [5.74, 6) is 2.26. The third-order valence-electron chi connectivity index (χ3n) is 2.26. The molecule has 0 atom stereocenters. The van der Waals surface area contributed by atoms with E-state index >= 15 is 0 Å². The molecule has 1 saturated heterocycles. The Morgan fingerprint density at radius 3 is 2.29 bits per heavy atom. The molecular weight excluding hydrogens is 200 g/mol. The van der Waals surface area contributed by atoms with Crippen LogP contribution in [-0.2, 0) is 10.2 Å². The molecule has 0 aromatic carbocycles. The first-order chi connectivity index (χ1) is 6.67. The lowest BCUT2D eigenvalue weighted by molar-refractivity contribution is 0.417. The summed E-state index contributed by atoms with van der Waals surface area (Å²) in [6.45, 7) is 1.29. The minimum atomic E-state index is -3.33. The summed E-state index contributed by atoms with van der Waals surface area (Å²) in [7, 11) is -3.33. The van der Waals surface area contributed by atoms with Gasteiger partial charge in [-0.25, -0.2) is 0 Å². The summed E-state index contributed by atoms with van der Waals surface area (Å²) >= 11 is 0. The molecule has 1 aliphatic heterocycles. The molecule has 1 rings (SSSR count). The van der Waals surface area contributed by atoms with Gasteiger partial charge in [-0.05, 0) is 12.8 Å². The van der Waals surface area contributed by atoms with Crippen molar-refractivity contribution in [2.75, 3.05) is 19.6 Å². The molecule has 1 N–H and O–H groups in total. The predicted molar refractivity (Wildman–Crippen MR) is 55.8 cm³/mol. The Morgan fingerprint density at radius 1 is 1.21 bits per heavy atom. The molecule has 0 amide bonds. The Labute approximate surface area is 85.9 Å². The highest BCUT2D eigenvalue weighted by Gasteiger charge is 2.21. The zero-order chi connectivity index (χ0) is 10.4. The van der Waals surface area contributed by atoms with E-state index in [9.17, 15) is 8.42 Å². The van der Waals surface area contributed by atoms with Crippen molar-refractivity contribution in [3.63, 3.8) is 0 Å². The lowest BCUT2D eigenvalue weighted by Crippen LogP contribution is -2.41. The van der Waals surface area contributed by atoms with Crippen molar-refractivity contribution in [1.29, 1.82) is 0 Å². The maximum Gasteiger partial charge on any atom is 0.280 e. The van der Waals surface area contributed by atoms with Gasteiger partial charge in [0.2, 0.25) is 0 Å². The highest BCUT2D eigenvalue weighted by Crippen LogP contribution is 2.11. The monoisotopic (exact) mass is 216 g/mol. The molecule has 0 aliphatic carbocycles. The van der Waals surface area contributed by atoms with Gasteiger partial charge in [-0.15, -0.1) is 6.42 Å². The topological polar surface area (TPSA) is 49.4 Å². The van der Waals surface area contributed by atoms with E-state index in [1.165, 1.54) is 4.31 Å². The first kappa shape index (κ1) is 11.5. The Bertz CT molecular complexity index is 297. The number of terminal acetylenes is 1. The Hall–Kier alpha value is -0.570. The number of hydrogen-bond acceptors (Lipinski definition) is 2. The lowest BCUT2D eigenvalue weighted by atomic mass is 10.2. The smallest absolute Gasteiger partial charge is 0.195 e. The zero-order valence-electron chi connectivity index (χ0n) is 8.20. The molecule has 0 aromatic rings. The first-order valence-electron chi connectivity index (χ1n) is 4.85. The largest absolute Gasteiger partial charge is 0.280 e. The minimum absolute atomic E-state index is 0.0683. The van der Waals surface area contributed by atoms with Crippen molar-refractivity contribution in [1.82, 2.24) is 9.03 Å². The van der Waals surface area contributed by atoms with Crippen molar-refractivity contribution >= 4 is 10.2 Å².